The topological polar surface area (TPSA) is 309 Å². The normalized spacial score (nSPS) is 44.9. The van der Waals surface area contributed by atoms with Gasteiger partial charge in [-0.1, -0.05) is 0 Å². The van der Waals surface area contributed by atoms with Gasteiger partial charge in [0, 0.05) is 12.6 Å². The second kappa shape index (κ2) is 14.0. The number of aliphatic hydroxyl groups is 3. The van der Waals surface area contributed by atoms with E-state index in [0.29, 0.717) is 12.8 Å². The van der Waals surface area contributed by atoms with E-state index in [0.717, 1.165) is 0 Å². The average molecular weight is 551 g/mol. The van der Waals surface area contributed by atoms with Crippen LogP contribution in [0.1, 0.15) is 25.7 Å². The van der Waals surface area contributed by atoms with Crippen LogP contribution >= 0.6 is 0 Å². The van der Waals surface area contributed by atoms with Crippen molar-refractivity contribution in [1.82, 2.24) is 5.32 Å². The van der Waals surface area contributed by atoms with Crippen LogP contribution in [-0.2, 0) is 23.7 Å². The van der Waals surface area contributed by atoms with Crippen molar-refractivity contribution in [2.45, 2.75) is 111 Å². The molecule has 0 spiro atoms. The van der Waals surface area contributed by atoms with Crippen molar-refractivity contribution in [2.24, 2.45) is 40.1 Å². The van der Waals surface area contributed by atoms with Crippen LogP contribution in [0.15, 0.2) is 0 Å². The number of hydrogen-bond acceptors (Lipinski definition) is 15. The Morgan fingerprint density at radius 2 is 1.63 bits per heavy atom. The molecule has 2 aliphatic heterocycles. The van der Waals surface area contributed by atoms with Crippen molar-refractivity contribution in [3.05, 3.63) is 0 Å². The first-order valence-corrected chi connectivity index (χ1v) is 13.1. The fraction of sp³-hybridized carbons (Fsp3) is 0.955. The molecule has 38 heavy (non-hydrogen) atoms. The molecule has 2 saturated heterocycles. The predicted octanol–water partition coefficient (Wildman–Crippen LogP) is -6.47. The van der Waals surface area contributed by atoms with E-state index in [1.165, 1.54) is 0 Å². The number of carbonyl (C=O) groups is 1. The summed E-state index contributed by atoms with van der Waals surface area (Å²) in [6, 6.07) is -4.77. The van der Waals surface area contributed by atoms with Crippen LogP contribution < -0.4 is 45.5 Å². The van der Waals surface area contributed by atoms with E-state index >= 15 is 0 Å². The summed E-state index contributed by atoms with van der Waals surface area (Å²) >= 11 is 0. The standard InChI is InChI=1S/C22H46N8O8/c23-4-3-12(32)20(34)30-11-5-10(26)18(37-22-15(28)14(27)17(33)13(7-31)36-22)16(29)19(11)38-21-9(25)2-1-8(6-24)35-21/h8-19,21-22,31-33H,1-7,23-29H2,(H,30,34)/t8-,9+,10-,11+,12-,13+,14+,15+,16+,17+,18+,19-,21+,22+/m0/s1. The number of amides is 1. The Labute approximate surface area is 221 Å². The highest BCUT2D eigenvalue weighted by atomic mass is 16.7. The van der Waals surface area contributed by atoms with Crippen LogP contribution in [0.2, 0.25) is 0 Å². The third-order valence-electron chi connectivity index (χ3n) is 7.54. The van der Waals surface area contributed by atoms with Crippen molar-refractivity contribution in [3.63, 3.8) is 0 Å². The molecular weight excluding hydrogens is 504 g/mol. The smallest absolute Gasteiger partial charge is 0.249 e. The SMILES string of the molecule is NCC[C@H](O)C(=O)N[C@@H]1C[C@H](N)[C@@H](O[C@H]2O[C@H](CO)[C@@H](O)[C@H](N)[C@H]2N)[C@@H](N)[C@H]1O[C@H]1O[C@H](CN)CC[C@H]1N. The highest BCUT2D eigenvalue weighted by Crippen LogP contribution is 2.30. The average Bonchev–Trinajstić information content (AvgIpc) is 2.89. The van der Waals surface area contributed by atoms with Crippen molar-refractivity contribution < 1.29 is 39.1 Å². The van der Waals surface area contributed by atoms with Crippen molar-refractivity contribution >= 4 is 5.91 Å². The zero-order chi connectivity index (χ0) is 28.1. The molecule has 16 nitrogen and oxygen atoms in total. The summed E-state index contributed by atoms with van der Waals surface area (Å²) in [6.07, 6.45) is -6.12. The molecule has 2 heterocycles. The van der Waals surface area contributed by atoms with E-state index in [1.54, 1.807) is 0 Å². The van der Waals surface area contributed by atoms with Gasteiger partial charge in [-0.3, -0.25) is 4.79 Å². The molecule has 3 aliphatic rings. The van der Waals surface area contributed by atoms with E-state index in [2.05, 4.69) is 5.32 Å². The molecule has 16 heteroatoms. The fourth-order valence-electron chi connectivity index (χ4n) is 5.15. The van der Waals surface area contributed by atoms with Crippen LogP contribution in [0, 0.1) is 0 Å². The largest absolute Gasteiger partial charge is 0.394 e. The second-order valence-electron chi connectivity index (χ2n) is 10.4. The van der Waals surface area contributed by atoms with E-state index in [1.807, 2.05) is 0 Å². The zero-order valence-corrected chi connectivity index (χ0v) is 21.5. The Morgan fingerprint density at radius 3 is 2.26 bits per heavy atom. The quantitative estimate of drug-likeness (QED) is 0.120. The van der Waals surface area contributed by atoms with Gasteiger partial charge in [0.2, 0.25) is 5.91 Å². The van der Waals surface area contributed by atoms with Crippen molar-refractivity contribution in [3.8, 4) is 0 Å². The molecule has 3 rings (SSSR count). The first-order valence-electron chi connectivity index (χ1n) is 13.1. The van der Waals surface area contributed by atoms with Gasteiger partial charge in [0.1, 0.15) is 12.2 Å². The number of nitrogens with one attached hydrogen (secondary N) is 1. The van der Waals surface area contributed by atoms with Gasteiger partial charge < -0.3 is 79.7 Å². The first kappa shape index (κ1) is 31.4. The van der Waals surface area contributed by atoms with Gasteiger partial charge >= 0.3 is 0 Å². The van der Waals surface area contributed by atoms with Crippen molar-refractivity contribution in [1.29, 1.82) is 0 Å². The highest BCUT2D eigenvalue weighted by molar-refractivity contribution is 5.80. The summed E-state index contributed by atoms with van der Waals surface area (Å²) in [5.41, 5.74) is 42.7. The lowest BCUT2D eigenvalue weighted by molar-refractivity contribution is -0.277. The van der Waals surface area contributed by atoms with Gasteiger partial charge in [0.05, 0.1) is 61.2 Å². The third-order valence-corrected chi connectivity index (χ3v) is 7.54. The fourth-order valence-corrected chi connectivity index (χ4v) is 5.15. The van der Waals surface area contributed by atoms with Crippen LogP contribution in [0.4, 0.5) is 0 Å². The molecule has 0 aromatic carbocycles. The van der Waals surface area contributed by atoms with Crippen LogP contribution in [-0.4, -0.2) is 126 Å². The lowest BCUT2D eigenvalue weighted by Gasteiger charge is -2.49. The van der Waals surface area contributed by atoms with Crippen molar-refractivity contribution in [2.75, 3.05) is 19.7 Å². The molecule has 1 amide bonds. The van der Waals surface area contributed by atoms with Gasteiger partial charge in [0.15, 0.2) is 12.6 Å². The maximum Gasteiger partial charge on any atom is 0.249 e. The number of nitrogens with two attached hydrogens (primary N) is 7. The maximum absolute atomic E-state index is 12.6. The number of aliphatic hydroxyl groups excluding tert-OH is 3. The lowest BCUT2D eigenvalue weighted by Crippen LogP contribution is -2.71. The number of rotatable bonds is 10. The van der Waals surface area contributed by atoms with Gasteiger partial charge in [0.25, 0.3) is 0 Å². The third kappa shape index (κ3) is 7.15. The van der Waals surface area contributed by atoms with Crippen LogP contribution in [0.5, 0.6) is 0 Å². The summed E-state index contributed by atoms with van der Waals surface area (Å²) in [7, 11) is 0. The summed E-state index contributed by atoms with van der Waals surface area (Å²) in [5.74, 6) is -0.648. The number of hydrogen-bond donors (Lipinski definition) is 11. The van der Waals surface area contributed by atoms with Crippen LogP contribution in [0.25, 0.3) is 0 Å². The lowest BCUT2D eigenvalue weighted by atomic mass is 9.82. The van der Waals surface area contributed by atoms with E-state index in [4.69, 9.17) is 59.1 Å². The first-order chi connectivity index (χ1) is 18.0. The molecular formula is C22H46N8O8. The Balaban J connectivity index is 1.81. The maximum atomic E-state index is 12.6. The van der Waals surface area contributed by atoms with E-state index in [9.17, 15) is 20.1 Å². The number of ether oxygens (including phenoxy) is 4. The van der Waals surface area contributed by atoms with Crippen LogP contribution in [0.3, 0.4) is 0 Å². The van der Waals surface area contributed by atoms with Gasteiger partial charge in [-0.2, -0.15) is 0 Å². The Morgan fingerprint density at radius 1 is 0.947 bits per heavy atom. The molecule has 0 bridgehead atoms. The molecule has 1 aliphatic carbocycles. The van der Waals surface area contributed by atoms with Gasteiger partial charge in [-0.25, -0.2) is 0 Å². The van der Waals surface area contributed by atoms with E-state index in [-0.39, 0.29) is 32.0 Å². The second-order valence-corrected chi connectivity index (χ2v) is 10.4. The minimum Gasteiger partial charge on any atom is -0.394 e. The summed E-state index contributed by atoms with van der Waals surface area (Å²) in [4.78, 5) is 12.6. The molecule has 0 aromatic heterocycles. The predicted molar refractivity (Wildman–Crippen MR) is 135 cm³/mol. The monoisotopic (exact) mass is 550 g/mol. The molecule has 14 atom stereocenters. The summed E-state index contributed by atoms with van der Waals surface area (Å²) < 4.78 is 23.9. The molecule has 0 radical (unpaired) electrons. The Bertz CT molecular complexity index is 756. The molecule has 1 saturated carbocycles. The zero-order valence-electron chi connectivity index (χ0n) is 21.5. The summed E-state index contributed by atoms with van der Waals surface area (Å²) in [6.45, 7) is -0.110. The molecule has 0 unspecified atom stereocenters. The Kier molecular flexibility index (Phi) is 11.6. The molecule has 18 N–H and O–H groups in total. The molecule has 0 aromatic rings. The van der Waals surface area contributed by atoms with Gasteiger partial charge in [-0.15, -0.1) is 0 Å². The Hall–Kier alpha value is -1.09. The minimum absolute atomic E-state index is 0.0672. The molecule has 3 fully saturated rings. The van der Waals surface area contributed by atoms with E-state index < -0.39 is 91.9 Å². The molecule has 222 valence electrons. The number of carbonyl (C=O) groups excluding carboxylic acids is 1. The summed E-state index contributed by atoms with van der Waals surface area (Å²) in [5, 5.41) is 32.7. The highest BCUT2D eigenvalue weighted by Gasteiger charge is 2.50. The van der Waals surface area contributed by atoms with Gasteiger partial charge in [-0.05, 0) is 32.2 Å². The minimum atomic E-state index is -1.33.